The molecule has 0 aliphatic carbocycles. The van der Waals surface area contributed by atoms with E-state index in [0.717, 1.165) is 5.75 Å². The van der Waals surface area contributed by atoms with Crippen LogP contribution in [-0.2, 0) is 0 Å². The van der Waals surface area contributed by atoms with Crippen molar-refractivity contribution in [3.8, 4) is 5.75 Å². The molecule has 0 bridgehead atoms. The second-order valence-electron chi connectivity index (χ2n) is 4.31. The summed E-state index contributed by atoms with van der Waals surface area (Å²) >= 11 is 0. The Labute approximate surface area is 106 Å². The van der Waals surface area contributed by atoms with Gasteiger partial charge in [0, 0.05) is 5.75 Å². The van der Waals surface area contributed by atoms with Gasteiger partial charge in [-0.05, 0) is 0 Å². The Kier molecular flexibility index (Phi) is 6.75. The van der Waals surface area contributed by atoms with Crippen molar-refractivity contribution in [2.75, 3.05) is 6.61 Å². The molecule has 3 heteroatoms. The molecule has 0 N–H and O–H groups in total. The molecule has 0 aliphatic heterocycles. The first-order chi connectivity index (χ1) is 6.58. The molecule has 1 rings (SSSR count). The van der Waals surface area contributed by atoms with Crippen LogP contribution in [0.25, 0.3) is 0 Å². The van der Waals surface area contributed by atoms with E-state index in [0.29, 0.717) is 6.61 Å². The van der Waals surface area contributed by atoms with Crippen molar-refractivity contribution in [1.82, 2.24) is 0 Å². The molecule has 0 heterocycles. The van der Waals surface area contributed by atoms with Gasteiger partial charge in [0.05, 0.1) is 8.07 Å². The first kappa shape index (κ1) is 14.6. The first-order valence-electron chi connectivity index (χ1n) is 4.85. The van der Waals surface area contributed by atoms with Crippen molar-refractivity contribution in [2.45, 2.75) is 19.6 Å². The molecule has 15 heavy (non-hydrogen) atoms. The molecule has 1 aromatic carbocycles. The molecule has 0 saturated heterocycles. The van der Waals surface area contributed by atoms with Gasteiger partial charge in [0.1, 0.15) is 6.61 Å². The molecule has 0 radical (unpaired) electrons. The smallest absolute Gasteiger partial charge is 0.515 e. The minimum absolute atomic E-state index is 0. The maximum absolute atomic E-state index is 5.48. The van der Waals surface area contributed by atoms with Crippen molar-refractivity contribution in [2.24, 2.45) is 0 Å². The molecule has 0 aromatic heterocycles. The van der Waals surface area contributed by atoms with E-state index in [2.05, 4.69) is 37.5 Å². The summed E-state index contributed by atoms with van der Waals surface area (Å²) in [5.41, 5.74) is 2.29. The number of hydrogen-bond acceptors (Lipinski definition) is 1. The predicted octanol–water partition coefficient (Wildman–Crippen LogP) is 0.303. The predicted molar refractivity (Wildman–Crippen MR) is 63.3 cm³/mol. The fourth-order valence-corrected chi connectivity index (χ4v) is 1.81. The van der Waals surface area contributed by atoms with E-state index in [4.69, 9.17) is 4.74 Å². The monoisotopic (exact) mass is 212 g/mol. The van der Waals surface area contributed by atoms with Crippen LogP contribution < -0.4 is 23.6 Å². The van der Waals surface area contributed by atoms with E-state index in [1.165, 1.54) is 0 Å². The number of ether oxygens (including phenoxy) is 1. The Balaban J connectivity index is 0.00000196. The summed E-state index contributed by atoms with van der Waals surface area (Å²) in [7, 11) is -1.07. The normalized spacial score (nSPS) is 11.1. The second kappa shape index (κ2) is 6.95. The molecule has 1 nitrogen and oxygen atoms in total. The summed E-state index contributed by atoms with van der Waals surface area (Å²) in [6.45, 7) is 7.55. The molecule has 0 fully saturated rings. The third kappa shape index (κ3) is 7.50. The van der Waals surface area contributed by atoms with Crippen LogP contribution >= 0.6 is 0 Å². The van der Waals surface area contributed by atoms with Crippen molar-refractivity contribution >= 4 is 8.07 Å². The topological polar surface area (TPSA) is 9.23 Å². The van der Waals surface area contributed by atoms with Gasteiger partial charge < -0.3 is 4.74 Å². The summed E-state index contributed by atoms with van der Waals surface area (Å²) < 4.78 is 5.48. The van der Waals surface area contributed by atoms with Crippen molar-refractivity contribution in [3.63, 3.8) is 0 Å². The Hall–Kier alpha value is -0.426. The van der Waals surface area contributed by atoms with Crippen molar-refractivity contribution in [3.05, 3.63) is 42.1 Å². The van der Waals surface area contributed by atoms with Crippen LogP contribution in [0.1, 0.15) is 0 Å². The van der Waals surface area contributed by atoms with Crippen molar-refractivity contribution < 1.29 is 23.6 Å². The van der Waals surface area contributed by atoms with E-state index in [1.807, 2.05) is 24.3 Å². The van der Waals surface area contributed by atoms with E-state index < -0.39 is 8.07 Å². The third-order valence-corrected chi connectivity index (χ3v) is 2.87. The maximum atomic E-state index is 5.48. The van der Waals surface area contributed by atoms with Gasteiger partial charge >= 0.3 is 18.9 Å². The summed E-state index contributed by atoms with van der Waals surface area (Å²) in [4.78, 5) is 0. The first-order valence-corrected chi connectivity index (χ1v) is 8.43. The van der Waals surface area contributed by atoms with Gasteiger partial charge in [-0.2, -0.15) is 18.2 Å². The van der Waals surface area contributed by atoms with Crippen LogP contribution in [0, 0.1) is 6.07 Å². The largest absolute Gasteiger partial charge is 1.00 e. The molecular formula is C12H17LiOSi. The molecule has 0 amide bonds. The maximum Gasteiger partial charge on any atom is 1.00 e. The van der Waals surface area contributed by atoms with Crippen LogP contribution in [0.5, 0.6) is 5.75 Å². The average molecular weight is 212 g/mol. The van der Waals surface area contributed by atoms with Gasteiger partial charge in [0.25, 0.3) is 0 Å². The van der Waals surface area contributed by atoms with Gasteiger partial charge in [-0.1, -0.05) is 31.4 Å². The number of benzene rings is 1. The molecule has 76 valence electrons. The van der Waals surface area contributed by atoms with E-state index in [-0.39, 0.29) is 18.9 Å². The van der Waals surface area contributed by atoms with E-state index in [9.17, 15) is 0 Å². The molecular weight excluding hydrogens is 195 g/mol. The van der Waals surface area contributed by atoms with Gasteiger partial charge in [-0.3, -0.25) is 0 Å². The summed E-state index contributed by atoms with van der Waals surface area (Å²) in [6, 6.07) is 10.7. The fourth-order valence-electron chi connectivity index (χ4n) is 1.01. The Morgan fingerprint density at radius 3 is 2.60 bits per heavy atom. The second-order valence-corrected chi connectivity index (χ2v) is 9.37. The quantitative estimate of drug-likeness (QED) is 0.515. The molecule has 0 spiro atoms. The number of rotatable bonds is 4. The van der Waals surface area contributed by atoms with Crippen LogP contribution in [-0.4, -0.2) is 14.7 Å². The van der Waals surface area contributed by atoms with Gasteiger partial charge in [0.2, 0.25) is 0 Å². The van der Waals surface area contributed by atoms with Crippen LogP contribution in [0.15, 0.2) is 36.0 Å². The van der Waals surface area contributed by atoms with E-state index >= 15 is 0 Å². The summed E-state index contributed by atoms with van der Waals surface area (Å²) in [5, 5.41) is 0. The minimum atomic E-state index is -1.07. The molecule has 0 unspecified atom stereocenters. The third-order valence-electron chi connectivity index (χ3n) is 1.63. The van der Waals surface area contributed by atoms with Gasteiger partial charge in [0.15, 0.2) is 0 Å². The van der Waals surface area contributed by atoms with Crippen LogP contribution in [0.4, 0.5) is 0 Å². The van der Waals surface area contributed by atoms with Crippen LogP contribution in [0.3, 0.4) is 0 Å². The molecule has 0 aliphatic rings. The summed E-state index contributed by atoms with van der Waals surface area (Å²) in [5.74, 6) is 0.813. The zero-order valence-corrected chi connectivity index (χ0v) is 11.1. The Bertz CT molecular complexity index is 290. The molecule has 0 saturated carbocycles. The van der Waals surface area contributed by atoms with E-state index in [1.54, 1.807) is 0 Å². The zero-order valence-electron chi connectivity index (χ0n) is 10.1. The molecule has 1 aromatic rings. The summed E-state index contributed by atoms with van der Waals surface area (Å²) in [6.07, 6.45) is 2.10. The Morgan fingerprint density at radius 1 is 1.33 bits per heavy atom. The van der Waals surface area contributed by atoms with Crippen LogP contribution in [0.2, 0.25) is 19.6 Å². The zero-order chi connectivity index (χ0) is 10.4. The van der Waals surface area contributed by atoms with Gasteiger partial charge in [-0.15, -0.1) is 12.1 Å². The fraction of sp³-hybridized carbons (Fsp3) is 0.333. The number of hydrogen-bond donors (Lipinski definition) is 0. The SMILES string of the molecule is C[Si](C)(C)/C=C/COc1[c-]cccc1.[Li+]. The van der Waals surface area contributed by atoms with Gasteiger partial charge in [-0.25, -0.2) is 0 Å². The minimum Gasteiger partial charge on any atom is -0.515 e. The average Bonchev–Trinajstić information content (AvgIpc) is 2.13. The number of para-hydroxylation sites is 1. The molecule has 0 atom stereocenters. The van der Waals surface area contributed by atoms with Crippen molar-refractivity contribution in [1.29, 1.82) is 0 Å². The standard InChI is InChI=1S/C12H17OSi.Li/c1-14(2,3)11-7-10-13-12-8-5-4-6-9-12;/h4-8,11H,10H2,1-3H3;/q-1;+1/b11-7+;. The Morgan fingerprint density at radius 2 is 2.07 bits per heavy atom.